The molecule has 3 heteroatoms. The SMILES string of the molecule is [CH]1NCOS1. The first-order valence-electron chi connectivity index (χ1n) is 1.33. The topological polar surface area (TPSA) is 21.3 Å². The largest absolute Gasteiger partial charge is 0.298 e. The Kier molecular flexibility index (Phi) is 1.14. The lowest BCUT2D eigenvalue weighted by molar-refractivity contribution is 0.381. The molecule has 0 aromatic carbocycles. The third-order valence-corrected chi connectivity index (χ3v) is 0.859. The zero-order valence-corrected chi connectivity index (χ0v) is 3.42. The Balaban J connectivity index is 2.08. The lowest BCUT2D eigenvalue weighted by Gasteiger charge is -1.73. The van der Waals surface area contributed by atoms with Crippen molar-refractivity contribution in [2.24, 2.45) is 0 Å². The summed E-state index contributed by atoms with van der Waals surface area (Å²) in [6.07, 6.45) is 0. The Labute approximate surface area is 35.1 Å². The summed E-state index contributed by atoms with van der Waals surface area (Å²) in [5, 5.41) is 2.84. The van der Waals surface area contributed by atoms with Crippen LogP contribution in [0.15, 0.2) is 0 Å². The Morgan fingerprint density at radius 3 is 3.20 bits per heavy atom. The van der Waals surface area contributed by atoms with Crippen LogP contribution in [-0.4, -0.2) is 6.73 Å². The highest BCUT2D eigenvalue weighted by atomic mass is 32.2. The van der Waals surface area contributed by atoms with E-state index in [1.54, 1.807) is 5.88 Å². The predicted molar refractivity (Wildman–Crippen MR) is 21.0 cm³/mol. The molecule has 0 spiro atoms. The van der Waals surface area contributed by atoms with Crippen LogP contribution >= 0.6 is 12.0 Å². The fourth-order valence-electron chi connectivity index (χ4n) is 0.170. The molecule has 0 amide bonds. The van der Waals surface area contributed by atoms with E-state index in [9.17, 15) is 0 Å². The van der Waals surface area contributed by atoms with E-state index in [2.05, 4.69) is 5.32 Å². The van der Waals surface area contributed by atoms with Crippen LogP contribution < -0.4 is 5.32 Å². The number of hydrogen-bond donors (Lipinski definition) is 1. The van der Waals surface area contributed by atoms with Crippen molar-refractivity contribution in [2.75, 3.05) is 6.73 Å². The van der Waals surface area contributed by atoms with Crippen molar-refractivity contribution in [3.05, 3.63) is 5.88 Å². The number of rotatable bonds is 0. The molecule has 0 unspecified atom stereocenters. The molecule has 1 saturated heterocycles. The van der Waals surface area contributed by atoms with Crippen molar-refractivity contribution in [1.29, 1.82) is 0 Å². The Morgan fingerprint density at radius 1 is 2.00 bits per heavy atom. The lowest BCUT2D eigenvalue weighted by atomic mass is 11.2. The van der Waals surface area contributed by atoms with Gasteiger partial charge in [-0.15, -0.1) is 0 Å². The first-order valence-corrected chi connectivity index (χ1v) is 2.14. The van der Waals surface area contributed by atoms with E-state index in [-0.39, 0.29) is 0 Å². The Hall–Kier alpha value is 0.270. The second-order valence-corrected chi connectivity index (χ2v) is 1.34. The van der Waals surface area contributed by atoms with E-state index in [0.717, 1.165) is 0 Å². The van der Waals surface area contributed by atoms with Crippen molar-refractivity contribution < 1.29 is 4.18 Å². The molecule has 29 valence electrons. The van der Waals surface area contributed by atoms with Crippen LogP contribution in [0.4, 0.5) is 0 Å². The molecule has 1 rings (SSSR count). The summed E-state index contributed by atoms with van der Waals surface area (Å²) < 4.78 is 4.69. The zero-order chi connectivity index (χ0) is 3.54. The van der Waals surface area contributed by atoms with Crippen LogP contribution in [-0.2, 0) is 4.18 Å². The zero-order valence-electron chi connectivity index (χ0n) is 2.60. The van der Waals surface area contributed by atoms with Crippen LogP contribution in [0.25, 0.3) is 0 Å². The molecule has 0 saturated carbocycles. The van der Waals surface area contributed by atoms with Crippen LogP contribution in [0.3, 0.4) is 0 Å². The average Bonchev–Trinajstić information content (AvgIpc) is 1.76. The second kappa shape index (κ2) is 1.64. The molecule has 1 radical (unpaired) electrons. The summed E-state index contributed by atoms with van der Waals surface area (Å²) >= 11 is 1.34. The molecule has 0 aliphatic carbocycles. The van der Waals surface area contributed by atoms with E-state index in [1.165, 1.54) is 12.0 Å². The average molecular weight is 90.1 g/mol. The molecule has 2 nitrogen and oxygen atoms in total. The molecule has 1 aliphatic heterocycles. The van der Waals surface area contributed by atoms with Crippen LogP contribution in [0.5, 0.6) is 0 Å². The highest BCUT2D eigenvalue weighted by molar-refractivity contribution is 7.96. The fraction of sp³-hybridized carbons (Fsp3) is 0.500. The molecule has 1 N–H and O–H groups in total. The van der Waals surface area contributed by atoms with Gasteiger partial charge in [0.05, 0.1) is 0 Å². The quantitative estimate of drug-likeness (QED) is 0.433. The van der Waals surface area contributed by atoms with E-state index >= 15 is 0 Å². The third-order valence-electron chi connectivity index (χ3n) is 0.342. The van der Waals surface area contributed by atoms with Crippen molar-refractivity contribution in [1.82, 2.24) is 5.32 Å². The minimum absolute atomic E-state index is 0.657. The van der Waals surface area contributed by atoms with Gasteiger partial charge >= 0.3 is 0 Å². The molecule has 0 bridgehead atoms. The molecular weight excluding hydrogens is 86.1 g/mol. The van der Waals surface area contributed by atoms with E-state index in [4.69, 9.17) is 4.18 Å². The van der Waals surface area contributed by atoms with Crippen LogP contribution in [0.2, 0.25) is 0 Å². The van der Waals surface area contributed by atoms with Gasteiger partial charge in [0, 0.05) is 12.0 Å². The Morgan fingerprint density at radius 2 is 3.00 bits per heavy atom. The minimum Gasteiger partial charge on any atom is -0.298 e. The standard InChI is InChI=1S/C2H4NOS/c1-3-2-5-4-1/h2-3H,1H2. The first kappa shape index (κ1) is 3.46. The summed E-state index contributed by atoms with van der Waals surface area (Å²) in [5.41, 5.74) is 0. The second-order valence-electron chi connectivity index (χ2n) is 0.680. The van der Waals surface area contributed by atoms with Gasteiger partial charge in [-0.3, -0.25) is 9.50 Å². The summed E-state index contributed by atoms with van der Waals surface area (Å²) in [7, 11) is 0. The van der Waals surface area contributed by atoms with Gasteiger partial charge in [-0.2, -0.15) is 0 Å². The van der Waals surface area contributed by atoms with Gasteiger partial charge in [-0.05, 0) is 0 Å². The van der Waals surface area contributed by atoms with E-state index in [0.29, 0.717) is 6.73 Å². The summed E-state index contributed by atoms with van der Waals surface area (Å²) in [6.45, 7) is 0.657. The third kappa shape index (κ3) is 0.792. The molecule has 0 aromatic heterocycles. The monoisotopic (exact) mass is 90.0 g/mol. The summed E-state index contributed by atoms with van der Waals surface area (Å²) in [5.74, 6) is 1.81. The van der Waals surface area contributed by atoms with Crippen molar-refractivity contribution >= 4 is 12.0 Å². The van der Waals surface area contributed by atoms with Gasteiger partial charge in [-0.25, -0.2) is 0 Å². The minimum atomic E-state index is 0.657. The maximum Gasteiger partial charge on any atom is 0.112 e. The molecule has 1 aliphatic rings. The molecular formula is C2H4NOS. The van der Waals surface area contributed by atoms with E-state index < -0.39 is 0 Å². The number of hydrogen-bond acceptors (Lipinski definition) is 3. The summed E-state index contributed by atoms with van der Waals surface area (Å²) in [6, 6.07) is 0. The maximum absolute atomic E-state index is 4.69. The molecule has 5 heavy (non-hydrogen) atoms. The maximum atomic E-state index is 4.69. The molecule has 1 fully saturated rings. The lowest BCUT2D eigenvalue weighted by Crippen LogP contribution is -1.99. The number of nitrogens with one attached hydrogen (secondary N) is 1. The fourth-order valence-corrected chi connectivity index (χ4v) is 0.510. The van der Waals surface area contributed by atoms with Crippen LogP contribution in [0, 0.1) is 5.88 Å². The Bertz CT molecular complexity index is 21.2. The molecule has 1 heterocycles. The highest BCUT2D eigenvalue weighted by Crippen LogP contribution is 2.07. The smallest absolute Gasteiger partial charge is 0.112 e. The molecule has 0 atom stereocenters. The van der Waals surface area contributed by atoms with Gasteiger partial charge in [-0.1, -0.05) is 0 Å². The van der Waals surface area contributed by atoms with Gasteiger partial charge in [0.15, 0.2) is 0 Å². The highest BCUT2D eigenvalue weighted by Gasteiger charge is 1.94. The van der Waals surface area contributed by atoms with Crippen molar-refractivity contribution in [3.8, 4) is 0 Å². The molecule has 0 aromatic rings. The van der Waals surface area contributed by atoms with Gasteiger partial charge in [0.25, 0.3) is 0 Å². The van der Waals surface area contributed by atoms with Crippen LogP contribution in [0.1, 0.15) is 0 Å². The summed E-state index contributed by atoms with van der Waals surface area (Å²) in [4.78, 5) is 0. The van der Waals surface area contributed by atoms with Crippen molar-refractivity contribution in [2.45, 2.75) is 0 Å². The first-order chi connectivity index (χ1) is 2.50. The predicted octanol–water partition coefficient (Wildman–Crippen LogP) is 0.331. The van der Waals surface area contributed by atoms with E-state index in [1.807, 2.05) is 0 Å². The normalized spacial score (nSPS) is 24.0. The van der Waals surface area contributed by atoms with Crippen molar-refractivity contribution in [3.63, 3.8) is 0 Å². The van der Waals surface area contributed by atoms with Gasteiger partial charge < -0.3 is 0 Å². The van der Waals surface area contributed by atoms with Gasteiger partial charge in [0.1, 0.15) is 12.6 Å². The van der Waals surface area contributed by atoms with Gasteiger partial charge in [0.2, 0.25) is 0 Å².